The molecule has 2 atom stereocenters. The molecule has 5 nitrogen and oxygen atoms in total. The van der Waals surface area contributed by atoms with Gasteiger partial charge >= 0.3 is 0 Å². The summed E-state index contributed by atoms with van der Waals surface area (Å²) >= 11 is 0. The third-order valence-corrected chi connectivity index (χ3v) is 3.20. The number of primary amides is 1. The molecule has 0 spiro atoms. The Bertz CT molecular complexity index is 268. The van der Waals surface area contributed by atoms with Gasteiger partial charge in [0.15, 0.2) is 0 Å². The highest BCUT2D eigenvalue weighted by atomic mass is 16.2. The summed E-state index contributed by atoms with van der Waals surface area (Å²) < 4.78 is 0. The second-order valence-electron chi connectivity index (χ2n) is 4.77. The van der Waals surface area contributed by atoms with Crippen molar-refractivity contribution in [2.45, 2.75) is 45.1 Å². The van der Waals surface area contributed by atoms with Gasteiger partial charge in [-0.25, -0.2) is 0 Å². The fourth-order valence-electron chi connectivity index (χ4n) is 2.15. The fraction of sp³-hybridized carbons (Fsp3) is 0.833. The zero-order chi connectivity index (χ0) is 12.7. The molecule has 0 aromatic rings. The van der Waals surface area contributed by atoms with Crippen LogP contribution in [0.3, 0.4) is 0 Å². The Labute approximate surface area is 103 Å². The van der Waals surface area contributed by atoms with E-state index in [9.17, 15) is 9.59 Å². The van der Waals surface area contributed by atoms with Crippen molar-refractivity contribution < 1.29 is 9.59 Å². The van der Waals surface area contributed by atoms with E-state index >= 15 is 0 Å². The minimum atomic E-state index is -0.279. The smallest absolute Gasteiger partial charge is 0.237 e. The maximum Gasteiger partial charge on any atom is 0.237 e. The summed E-state index contributed by atoms with van der Waals surface area (Å²) in [5.74, 6) is 0.199. The van der Waals surface area contributed by atoms with Crippen LogP contribution in [0.25, 0.3) is 0 Å². The molecule has 0 bridgehead atoms. The van der Waals surface area contributed by atoms with Gasteiger partial charge in [-0.05, 0) is 38.1 Å². The van der Waals surface area contributed by atoms with Gasteiger partial charge in [-0.15, -0.1) is 0 Å². The van der Waals surface area contributed by atoms with E-state index in [2.05, 4.69) is 17.6 Å². The number of carbonyl (C=O) groups excluding carboxylic acids is 2. The molecule has 1 aliphatic rings. The molecule has 2 unspecified atom stereocenters. The van der Waals surface area contributed by atoms with Crippen molar-refractivity contribution in [3.05, 3.63) is 0 Å². The van der Waals surface area contributed by atoms with Crippen LogP contribution in [0, 0.1) is 5.92 Å². The van der Waals surface area contributed by atoms with E-state index in [1.807, 2.05) is 0 Å². The Morgan fingerprint density at radius 1 is 1.41 bits per heavy atom. The van der Waals surface area contributed by atoms with Crippen LogP contribution in [-0.4, -0.2) is 30.9 Å². The normalized spacial score (nSPS) is 24.3. The Balaban J connectivity index is 2.13. The first-order valence-electron chi connectivity index (χ1n) is 6.40. The maximum atomic E-state index is 11.8. The molecule has 98 valence electrons. The molecule has 1 rings (SSSR count). The highest BCUT2D eigenvalue weighted by molar-refractivity contribution is 5.82. The molecule has 4 N–H and O–H groups in total. The molecule has 0 radical (unpaired) electrons. The van der Waals surface area contributed by atoms with Crippen molar-refractivity contribution in [3.63, 3.8) is 0 Å². The first kappa shape index (κ1) is 14.0. The Morgan fingerprint density at radius 3 is 2.82 bits per heavy atom. The molecule has 0 aliphatic carbocycles. The molecule has 0 aromatic heterocycles. The van der Waals surface area contributed by atoms with E-state index in [1.54, 1.807) is 0 Å². The van der Waals surface area contributed by atoms with E-state index in [1.165, 1.54) is 0 Å². The molecule has 1 aliphatic heterocycles. The minimum Gasteiger partial charge on any atom is -0.370 e. The van der Waals surface area contributed by atoms with Crippen molar-refractivity contribution in [2.24, 2.45) is 11.7 Å². The zero-order valence-corrected chi connectivity index (χ0v) is 10.5. The number of nitrogens with two attached hydrogens (primary N) is 1. The molecule has 17 heavy (non-hydrogen) atoms. The Morgan fingerprint density at radius 2 is 2.18 bits per heavy atom. The highest BCUT2D eigenvalue weighted by Gasteiger charge is 2.26. The minimum absolute atomic E-state index is 0.0557. The second-order valence-corrected chi connectivity index (χ2v) is 4.77. The third-order valence-electron chi connectivity index (χ3n) is 3.20. The second kappa shape index (κ2) is 7.27. The van der Waals surface area contributed by atoms with Gasteiger partial charge in [0.25, 0.3) is 0 Å². The first-order valence-corrected chi connectivity index (χ1v) is 6.40. The van der Waals surface area contributed by atoms with Crippen LogP contribution in [0.5, 0.6) is 0 Å². The van der Waals surface area contributed by atoms with Crippen LogP contribution in [0.1, 0.15) is 39.0 Å². The number of amides is 2. The molecule has 5 heteroatoms. The standard InChI is InChI=1S/C12H23N3O2/c1-9-5-4-8-14-11(9)12(17)15-7-3-2-6-10(13)16/h9,11,14H,2-8H2,1H3,(H2,13,16)(H,15,17). The van der Waals surface area contributed by atoms with Crippen LogP contribution in [0.2, 0.25) is 0 Å². The third kappa shape index (κ3) is 5.17. The lowest BCUT2D eigenvalue weighted by Crippen LogP contribution is -2.51. The molecule has 0 aromatic carbocycles. The average Bonchev–Trinajstić information content (AvgIpc) is 2.28. The number of rotatable bonds is 6. The first-order chi connectivity index (χ1) is 8.11. The van der Waals surface area contributed by atoms with Gasteiger partial charge in [0.05, 0.1) is 6.04 Å². The summed E-state index contributed by atoms with van der Waals surface area (Å²) in [4.78, 5) is 22.4. The largest absolute Gasteiger partial charge is 0.370 e. The number of unbranched alkanes of at least 4 members (excludes halogenated alkanes) is 1. The molecule has 0 saturated carbocycles. The van der Waals surface area contributed by atoms with Gasteiger partial charge in [-0.1, -0.05) is 6.92 Å². The maximum absolute atomic E-state index is 11.8. The van der Waals surface area contributed by atoms with Gasteiger partial charge < -0.3 is 16.4 Å². The molecule has 1 heterocycles. The van der Waals surface area contributed by atoms with E-state index in [4.69, 9.17) is 5.73 Å². The predicted octanol–water partition coefficient (Wildman–Crippen LogP) is 0.146. The van der Waals surface area contributed by atoms with Gasteiger partial charge in [0, 0.05) is 13.0 Å². The van der Waals surface area contributed by atoms with Crippen molar-refractivity contribution in [1.82, 2.24) is 10.6 Å². The lowest BCUT2D eigenvalue weighted by Gasteiger charge is -2.28. The number of piperidine rings is 1. The summed E-state index contributed by atoms with van der Waals surface area (Å²) in [6.45, 7) is 3.64. The van der Waals surface area contributed by atoms with Crippen LogP contribution in [0.15, 0.2) is 0 Å². The number of hydrogen-bond acceptors (Lipinski definition) is 3. The topological polar surface area (TPSA) is 84.2 Å². The predicted molar refractivity (Wildman–Crippen MR) is 66.2 cm³/mol. The van der Waals surface area contributed by atoms with Gasteiger partial charge in [0.1, 0.15) is 0 Å². The summed E-state index contributed by atoms with van der Waals surface area (Å²) in [5.41, 5.74) is 5.03. The van der Waals surface area contributed by atoms with Crippen molar-refractivity contribution in [2.75, 3.05) is 13.1 Å². The van der Waals surface area contributed by atoms with Crippen molar-refractivity contribution in [1.29, 1.82) is 0 Å². The van der Waals surface area contributed by atoms with Gasteiger partial charge in [-0.3, -0.25) is 9.59 Å². The SMILES string of the molecule is CC1CCCNC1C(=O)NCCCCC(N)=O. The summed E-state index contributed by atoms with van der Waals surface area (Å²) in [7, 11) is 0. The van der Waals surface area contributed by atoms with E-state index in [0.29, 0.717) is 18.9 Å². The summed E-state index contributed by atoms with van der Waals surface area (Å²) in [6, 6.07) is -0.0557. The molecule has 1 saturated heterocycles. The molecular formula is C12H23N3O2. The van der Waals surface area contributed by atoms with E-state index in [-0.39, 0.29) is 17.9 Å². The van der Waals surface area contributed by atoms with Crippen LogP contribution in [-0.2, 0) is 9.59 Å². The quantitative estimate of drug-likeness (QED) is 0.579. The van der Waals surface area contributed by atoms with Crippen LogP contribution >= 0.6 is 0 Å². The molecular weight excluding hydrogens is 218 g/mol. The number of carbonyl (C=O) groups is 2. The highest BCUT2D eigenvalue weighted by Crippen LogP contribution is 2.15. The van der Waals surface area contributed by atoms with Crippen LogP contribution in [0.4, 0.5) is 0 Å². The fourth-order valence-corrected chi connectivity index (χ4v) is 2.15. The monoisotopic (exact) mass is 241 g/mol. The molecule has 1 fully saturated rings. The average molecular weight is 241 g/mol. The van der Waals surface area contributed by atoms with Gasteiger partial charge in [-0.2, -0.15) is 0 Å². The van der Waals surface area contributed by atoms with Crippen molar-refractivity contribution in [3.8, 4) is 0 Å². The van der Waals surface area contributed by atoms with Crippen molar-refractivity contribution >= 4 is 11.8 Å². The van der Waals surface area contributed by atoms with Gasteiger partial charge in [0.2, 0.25) is 11.8 Å². The van der Waals surface area contributed by atoms with E-state index < -0.39 is 0 Å². The summed E-state index contributed by atoms with van der Waals surface area (Å²) in [6.07, 6.45) is 4.18. The van der Waals surface area contributed by atoms with E-state index in [0.717, 1.165) is 32.2 Å². The number of hydrogen-bond donors (Lipinski definition) is 3. The Hall–Kier alpha value is -1.10. The van der Waals surface area contributed by atoms with Crippen LogP contribution < -0.4 is 16.4 Å². The summed E-state index contributed by atoms with van der Waals surface area (Å²) in [5, 5.41) is 6.14. The lowest BCUT2D eigenvalue weighted by atomic mass is 9.92. The number of nitrogens with one attached hydrogen (secondary N) is 2. The zero-order valence-electron chi connectivity index (χ0n) is 10.5. The Kier molecular flexibility index (Phi) is 5.97. The lowest BCUT2D eigenvalue weighted by molar-refractivity contribution is -0.124. The molecule has 2 amide bonds.